The monoisotopic (exact) mass is 350 g/mol. The van der Waals surface area contributed by atoms with Gasteiger partial charge in [0.1, 0.15) is 0 Å². The van der Waals surface area contributed by atoms with E-state index in [9.17, 15) is 4.79 Å². The predicted octanol–water partition coefficient (Wildman–Crippen LogP) is 2.95. The summed E-state index contributed by atoms with van der Waals surface area (Å²) in [7, 11) is 0. The van der Waals surface area contributed by atoms with Crippen LogP contribution in [0.25, 0.3) is 5.65 Å². The molecule has 1 amide bonds. The largest absolute Gasteiger partial charge is 0.374 e. The minimum absolute atomic E-state index is 0.00264. The highest BCUT2D eigenvalue weighted by atomic mass is 16.5. The Balaban J connectivity index is 1.74. The van der Waals surface area contributed by atoms with Crippen LogP contribution in [0.2, 0.25) is 0 Å². The molecule has 3 heterocycles. The zero-order valence-electron chi connectivity index (χ0n) is 15.2. The smallest absolute Gasteiger partial charge is 0.257 e. The van der Waals surface area contributed by atoms with Crippen LogP contribution in [-0.4, -0.2) is 44.7 Å². The lowest BCUT2D eigenvalue weighted by molar-refractivity contribution is -0.0448. The molecule has 1 aromatic carbocycles. The number of aromatic nitrogens is 3. The Labute approximate surface area is 152 Å². The number of fused-ring (bicyclic) bond motifs is 1. The van der Waals surface area contributed by atoms with Crippen molar-refractivity contribution in [2.45, 2.75) is 32.9 Å². The van der Waals surface area contributed by atoms with Gasteiger partial charge >= 0.3 is 0 Å². The quantitative estimate of drug-likeness (QED) is 0.713. The topological polar surface area (TPSA) is 59.7 Å². The van der Waals surface area contributed by atoms with Crippen LogP contribution >= 0.6 is 0 Å². The number of carbonyl (C=O) groups is 1. The lowest BCUT2D eigenvalue weighted by atomic mass is 10.0. The molecule has 1 aliphatic heterocycles. The average Bonchev–Trinajstić information content (AvgIpc) is 3.03. The molecule has 6 nitrogen and oxygen atoms in total. The molecule has 0 N–H and O–H groups in total. The standard InChI is InChI=1S/C20H22N4O2/c1-13-9-19-21-10-17(15(3)24(19)22-13)20(25)23-11-14(2)26-12-18(23)16-7-5-4-6-8-16/h4-10,14,18H,11-12H2,1-3H3. The van der Waals surface area contributed by atoms with E-state index in [1.54, 1.807) is 10.7 Å². The Morgan fingerprint density at radius 3 is 2.77 bits per heavy atom. The van der Waals surface area contributed by atoms with Gasteiger partial charge in [-0.25, -0.2) is 9.50 Å². The van der Waals surface area contributed by atoms with Crippen molar-refractivity contribution in [2.24, 2.45) is 0 Å². The third-order valence-corrected chi connectivity index (χ3v) is 4.89. The van der Waals surface area contributed by atoms with Gasteiger partial charge in [-0.05, 0) is 26.3 Å². The normalized spacial score (nSPS) is 20.5. The molecule has 3 aromatic rings. The maximum absolute atomic E-state index is 13.4. The number of hydrogen-bond donors (Lipinski definition) is 0. The van der Waals surface area contributed by atoms with Crippen molar-refractivity contribution >= 4 is 11.6 Å². The Morgan fingerprint density at radius 2 is 2.00 bits per heavy atom. The van der Waals surface area contributed by atoms with Crippen molar-refractivity contribution in [3.05, 3.63) is 65.1 Å². The van der Waals surface area contributed by atoms with Crippen LogP contribution in [0.3, 0.4) is 0 Å². The average molecular weight is 350 g/mol. The summed E-state index contributed by atoms with van der Waals surface area (Å²) in [5.41, 5.74) is 4.10. The molecule has 0 spiro atoms. The van der Waals surface area contributed by atoms with Gasteiger partial charge in [0.05, 0.1) is 35.7 Å². The van der Waals surface area contributed by atoms with Crippen LogP contribution in [-0.2, 0) is 4.74 Å². The maximum atomic E-state index is 13.4. The number of morpholine rings is 1. The van der Waals surface area contributed by atoms with Gasteiger partial charge in [-0.3, -0.25) is 4.79 Å². The number of aryl methyl sites for hydroxylation is 2. The molecule has 2 unspecified atom stereocenters. The van der Waals surface area contributed by atoms with Gasteiger partial charge in [-0.1, -0.05) is 30.3 Å². The van der Waals surface area contributed by atoms with Crippen LogP contribution in [0, 0.1) is 13.8 Å². The fourth-order valence-corrected chi connectivity index (χ4v) is 3.51. The van der Waals surface area contributed by atoms with E-state index in [1.165, 1.54) is 0 Å². The number of amides is 1. The number of carbonyl (C=O) groups excluding carboxylic acids is 1. The summed E-state index contributed by atoms with van der Waals surface area (Å²) in [6.45, 7) is 6.87. The molecule has 2 atom stereocenters. The van der Waals surface area contributed by atoms with Crippen molar-refractivity contribution in [1.29, 1.82) is 0 Å². The fraction of sp³-hybridized carbons (Fsp3) is 0.350. The molecule has 6 heteroatoms. The second-order valence-corrected chi connectivity index (χ2v) is 6.84. The molecule has 4 rings (SSSR count). The summed E-state index contributed by atoms with van der Waals surface area (Å²) in [5.74, 6) is -0.0333. The summed E-state index contributed by atoms with van der Waals surface area (Å²) in [5, 5.41) is 4.45. The number of benzene rings is 1. The maximum Gasteiger partial charge on any atom is 0.257 e. The van der Waals surface area contributed by atoms with Gasteiger partial charge in [0.25, 0.3) is 5.91 Å². The van der Waals surface area contributed by atoms with Gasteiger partial charge in [0, 0.05) is 18.8 Å². The summed E-state index contributed by atoms with van der Waals surface area (Å²) in [6.07, 6.45) is 1.67. The van der Waals surface area contributed by atoms with Crippen LogP contribution in [0.4, 0.5) is 0 Å². The van der Waals surface area contributed by atoms with E-state index in [4.69, 9.17) is 4.74 Å². The van der Waals surface area contributed by atoms with Crippen LogP contribution in [0.1, 0.15) is 40.3 Å². The molecular weight excluding hydrogens is 328 g/mol. The molecular formula is C20H22N4O2. The van der Waals surface area contributed by atoms with Crippen molar-refractivity contribution in [3.8, 4) is 0 Å². The van der Waals surface area contributed by atoms with Crippen molar-refractivity contribution < 1.29 is 9.53 Å². The highest BCUT2D eigenvalue weighted by Crippen LogP contribution is 2.28. The summed E-state index contributed by atoms with van der Waals surface area (Å²) in [4.78, 5) is 19.7. The molecule has 0 radical (unpaired) electrons. The third-order valence-electron chi connectivity index (χ3n) is 4.89. The van der Waals surface area contributed by atoms with E-state index in [0.717, 1.165) is 22.6 Å². The van der Waals surface area contributed by atoms with Crippen LogP contribution < -0.4 is 0 Å². The van der Waals surface area contributed by atoms with Gasteiger partial charge in [0.2, 0.25) is 0 Å². The second kappa shape index (κ2) is 6.53. The minimum atomic E-state index is -0.102. The molecule has 1 aliphatic rings. The van der Waals surface area contributed by atoms with Gasteiger partial charge in [0.15, 0.2) is 5.65 Å². The van der Waals surface area contributed by atoms with Gasteiger partial charge in [-0.2, -0.15) is 5.10 Å². The molecule has 1 saturated heterocycles. The SMILES string of the molecule is Cc1cc2ncc(C(=O)N3CC(C)OCC3c3ccccc3)c(C)n2n1. The Kier molecular flexibility index (Phi) is 4.20. The molecule has 2 aromatic heterocycles. The van der Waals surface area contributed by atoms with E-state index in [-0.39, 0.29) is 18.1 Å². The van der Waals surface area contributed by atoms with E-state index in [2.05, 4.69) is 10.1 Å². The molecule has 0 saturated carbocycles. The highest BCUT2D eigenvalue weighted by molar-refractivity contribution is 5.95. The van der Waals surface area contributed by atoms with Gasteiger partial charge in [-0.15, -0.1) is 0 Å². The first-order valence-corrected chi connectivity index (χ1v) is 8.84. The summed E-state index contributed by atoms with van der Waals surface area (Å²) in [6, 6.07) is 11.8. The van der Waals surface area contributed by atoms with Crippen molar-refractivity contribution in [2.75, 3.05) is 13.2 Å². The molecule has 26 heavy (non-hydrogen) atoms. The fourth-order valence-electron chi connectivity index (χ4n) is 3.51. The second-order valence-electron chi connectivity index (χ2n) is 6.84. The van der Waals surface area contributed by atoms with E-state index < -0.39 is 0 Å². The minimum Gasteiger partial charge on any atom is -0.374 e. The lowest BCUT2D eigenvalue weighted by Crippen LogP contribution is -2.47. The number of ether oxygens (including phenoxy) is 1. The zero-order chi connectivity index (χ0) is 18.3. The van der Waals surface area contributed by atoms with Crippen molar-refractivity contribution in [1.82, 2.24) is 19.5 Å². The summed E-state index contributed by atoms with van der Waals surface area (Å²) < 4.78 is 7.58. The summed E-state index contributed by atoms with van der Waals surface area (Å²) >= 11 is 0. The molecule has 0 aliphatic carbocycles. The number of hydrogen-bond acceptors (Lipinski definition) is 4. The Morgan fingerprint density at radius 1 is 1.23 bits per heavy atom. The zero-order valence-corrected chi connectivity index (χ0v) is 15.2. The molecule has 134 valence electrons. The first-order valence-electron chi connectivity index (χ1n) is 8.84. The van der Waals surface area contributed by atoms with E-state index in [0.29, 0.717) is 18.7 Å². The van der Waals surface area contributed by atoms with Gasteiger partial charge < -0.3 is 9.64 Å². The number of rotatable bonds is 2. The lowest BCUT2D eigenvalue weighted by Gasteiger charge is -2.39. The Bertz CT molecular complexity index is 951. The first-order chi connectivity index (χ1) is 12.5. The third kappa shape index (κ3) is 2.86. The first kappa shape index (κ1) is 16.7. The van der Waals surface area contributed by atoms with E-state index >= 15 is 0 Å². The molecule has 1 fully saturated rings. The van der Waals surface area contributed by atoms with Crippen molar-refractivity contribution in [3.63, 3.8) is 0 Å². The highest BCUT2D eigenvalue weighted by Gasteiger charge is 2.33. The van der Waals surface area contributed by atoms with Crippen LogP contribution in [0.5, 0.6) is 0 Å². The number of nitrogens with zero attached hydrogens (tertiary/aromatic N) is 4. The molecule has 0 bridgehead atoms. The van der Waals surface area contributed by atoms with E-state index in [1.807, 2.05) is 62.1 Å². The Hall–Kier alpha value is -2.73. The predicted molar refractivity (Wildman–Crippen MR) is 98.1 cm³/mol. The van der Waals surface area contributed by atoms with Crippen LogP contribution in [0.15, 0.2) is 42.6 Å².